The van der Waals surface area contributed by atoms with Crippen molar-refractivity contribution in [1.29, 1.82) is 0 Å². The molecule has 0 N–H and O–H groups in total. The summed E-state index contributed by atoms with van der Waals surface area (Å²) in [4.78, 5) is 12.7. The van der Waals surface area contributed by atoms with E-state index < -0.39 is 11.2 Å². The van der Waals surface area contributed by atoms with Gasteiger partial charge in [-0.3, -0.25) is 0 Å². The van der Waals surface area contributed by atoms with Crippen molar-refractivity contribution in [2.24, 2.45) is 0 Å². The van der Waals surface area contributed by atoms with E-state index in [1.54, 1.807) is 0 Å². The summed E-state index contributed by atoms with van der Waals surface area (Å²) in [5, 5.41) is 0. The second kappa shape index (κ2) is 7.56. The normalized spacial score (nSPS) is 20.2. The number of benzene rings is 4. The zero-order chi connectivity index (χ0) is 20.4. The summed E-state index contributed by atoms with van der Waals surface area (Å²) in [5.41, 5.74) is 4.15. The molecule has 0 bridgehead atoms. The highest BCUT2D eigenvalue weighted by Crippen LogP contribution is 2.54. The number of rotatable bonds is 4. The Labute approximate surface area is 177 Å². The molecule has 0 aromatic heterocycles. The summed E-state index contributed by atoms with van der Waals surface area (Å²) in [5.74, 6) is 0. The molecule has 0 radical (unpaired) electrons. The first-order valence-corrected chi connectivity index (χ1v) is 10.3. The standard InChI is InChI=1S/C28H24O2/c1-22-17-19-26(20-18-22)28(25-15-9-4-10-16-25)21-27(29-30-28,23-11-5-2-6-12-23)24-13-7-3-8-14-24/h2-20H,21H2,1H3. The molecule has 1 saturated heterocycles. The maximum Gasteiger partial charge on any atom is 0.157 e. The average molecular weight is 392 g/mol. The molecule has 1 aliphatic rings. The van der Waals surface area contributed by atoms with Crippen molar-refractivity contribution >= 4 is 0 Å². The van der Waals surface area contributed by atoms with Gasteiger partial charge in [0.15, 0.2) is 11.2 Å². The first-order valence-electron chi connectivity index (χ1n) is 10.3. The lowest BCUT2D eigenvalue weighted by Crippen LogP contribution is -2.31. The van der Waals surface area contributed by atoms with Gasteiger partial charge in [-0.05, 0) is 29.2 Å². The third-order valence-electron chi connectivity index (χ3n) is 6.06. The highest BCUT2D eigenvalue weighted by atomic mass is 17.2. The molecule has 1 heterocycles. The molecule has 0 aliphatic carbocycles. The highest BCUT2D eigenvalue weighted by molar-refractivity contribution is 5.44. The summed E-state index contributed by atoms with van der Waals surface area (Å²) < 4.78 is 0. The van der Waals surface area contributed by atoms with Crippen LogP contribution in [0.15, 0.2) is 115 Å². The molecule has 2 heteroatoms. The van der Waals surface area contributed by atoms with E-state index in [1.165, 1.54) is 5.56 Å². The molecule has 30 heavy (non-hydrogen) atoms. The van der Waals surface area contributed by atoms with Crippen molar-refractivity contribution in [3.05, 3.63) is 143 Å². The molecular formula is C28H24O2. The summed E-state index contributed by atoms with van der Waals surface area (Å²) in [6.45, 7) is 2.10. The first kappa shape index (κ1) is 18.8. The molecule has 1 unspecified atom stereocenters. The van der Waals surface area contributed by atoms with Gasteiger partial charge in [0.25, 0.3) is 0 Å². The van der Waals surface area contributed by atoms with Crippen LogP contribution in [0.4, 0.5) is 0 Å². The van der Waals surface area contributed by atoms with Gasteiger partial charge >= 0.3 is 0 Å². The maximum atomic E-state index is 6.38. The highest BCUT2D eigenvalue weighted by Gasteiger charge is 2.55. The van der Waals surface area contributed by atoms with Crippen molar-refractivity contribution < 1.29 is 9.78 Å². The van der Waals surface area contributed by atoms with Crippen LogP contribution in [-0.4, -0.2) is 0 Å². The van der Waals surface area contributed by atoms with E-state index in [4.69, 9.17) is 9.78 Å². The second-order valence-corrected chi connectivity index (χ2v) is 7.96. The molecule has 1 aliphatic heterocycles. The fourth-order valence-electron chi connectivity index (χ4n) is 4.43. The summed E-state index contributed by atoms with van der Waals surface area (Å²) in [7, 11) is 0. The molecule has 4 aromatic rings. The summed E-state index contributed by atoms with van der Waals surface area (Å²) >= 11 is 0. The molecule has 4 aromatic carbocycles. The van der Waals surface area contributed by atoms with E-state index in [1.807, 2.05) is 18.2 Å². The summed E-state index contributed by atoms with van der Waals surface area (Å²) in [6.07, 6.45) is 0.640. The van der Waals surface area contributed by atoms with Crippen molar-refractivity contribution in [1.82, 2.24) is 0 Å². The molecule has 0 spiro atoms. The predicted octanol–water partition coefficient (Wildman–Crippen LogP) is 6.53. The van der Waals surface area contributed by atoms with Crippen LogP contribution in [0.2, 0.25) is 0 Å². The fourth-order valence-corrected chi connectivity index (χ4v) is 4.43. The third kappa shape index (κ3) is 3.06. The largest absolute Gasteiger partial charge is 0.219 e. The lowest BCUT2D eigenvalue weighted by Gasteiger charge is -2.30. The van der Waals surface area contributed by atoms with Gasteiger partial charge in [0.1, 0.15) is 0 Å². The van der Waals surface area contributed by atoms with Crippen LogP contribution in [0.3, 0.4) is 0 Å². The Balaban J connectivity index is 1.72. The quantitative estimate of drug-likeness (QED) is 0.367. The van der Waals surface area contributed by atoms with Crippen molar-refractivity contribution in [2.45, 2.75) is 24.5 Å². The minimum Gasteiger partial charge on any atom is -0.219 e. The fraction of sp³-hybridized carbons (Fsp3) is 0.143. The van der Waals surface area contributed by atoms with Crippen LogP contribution in [0.5, 0.6) is 0 Å². The molecule has 5 rings (SSSR count). The van der Waals surface area contributed by atoms with Gasteiger partial charge in [-0.15, -0.1) is 0 Å². The lowest BCUT2D eigenvalue weighted by atomic mass is 9.73. The monoisotopic (exact) mass is 392 g/mol. The van der Waals surface area contributed by atoms with Crippen LogP contribution < -0.4 is 0 Å². The average Bonchev–Trinajstić information content (AvgIpc) is 3.25. The van der Waals surface area contributed by atoms with E-state index in [9.17, 15) is 0 Å². The molecular weight excluding hydrogens is 368 g/mol. The molecule has 1 fully saturated rings. The minimum absolute atomic E-state index is 0.640. The van der Waals surface area contributed by atoms with Gasteiger partial charge in [-0.2, -0.15) is 0 Å². The predicted molar refractivity (Wildman–Crippen MR) is 119 cm³/mol. The smallest absolute Gasteiger partial charge is 0.157 e. The van der Waals surface area contributed by atoms with Gasteiger partial charge in [-0.1, -0.05) is 121 Å². The van der Waals surface area contributed by atoms with E-state index in [2.05, 4.69) is 104 Å². The van der Waals surface area contributed by atoms with Crippen LogP contribution in [0, 0.1) is 6.92 Å². The van der Waals surface area contributed by atoms with Crippen molar-refractivity contribution in [3.63, 3.8) is 0 Å². The minimum atomic E-state index is -0.708. The van der Waals surface area contributed by atoms with Gasteiger partial charge < -0.3 is 0 Å². The van der Waals surface area contributed by atoms with Gasteiger partial charge in [0.2, 0.25) is 0 Å². The Kier molecular flexibility index (Phi) is 4.74. The molecule has 0 amide bonds. The van der Waals surface area contributed by atoms with Gasteiger partial charge in [-0.25, -0.2) is 9.78 Å². The first-order chi connectivity index (χ1) is 14.7. The zero-order valence-electron chi connectivity index (χ0n) is 17.0. The Hall–Kier alpha value is -3.20. The summed E-state index contributed by atoms with van der Waals surface area (Å²) in [6, 6.07) is 39.7. The van der Waals surface area contributed by atoms with Crippen LogP contribution in [-0.2, 0) is 21.0 Å². The van der Waals surface area contributed by atoms with E-state index in [0.29, 0.717) is 6.42 Å². The topological polar surface area (TPSA) is 18.5 Å². The van der Waals surface area contributed by atoms with Gasteiger partial charge in [0.05, 0.1) is 0 Å². The molecule has 2 nitrogen and oxygen atoms in total. The van der Waals surface area contributed by atoms with E-state index >= 15 is 0 Å². The molecule has 0 saturated carbocycles. The van der Waals surface area contributed by atoms with Crippen molar-refractivity contribution in [3.8, 4) is 0 Å². The van der Waals surface area contributed by atoms with E-state index in [-0.39, 0.29) is 0 Å². The Morgan fingerprint density at radius 1 is 0.467 bits per heavy atom. The van der Waals surface area contributed by atoms with Crippen LogP contribution in [0.1, 0.15) is 34.2 Å². The van der Waals surface area contributed by atoms with Crippen LogP contribution >= 0.6 is 0 Å². The SMILES string of the molecule is Cc1ccc(C2(c3ccccc3)CC(c3ccccc3)(c3ccccc3)OO2)cc1. The van der Waals surface area contributed by atoms with Crippen LogP contribution in [0.25, 0.3) is 0 Å². The second-order valence-electron chi connectivity index (χ2n) is 7.96. The molecule has 148 valence electrons. The third-order valence-corrected chi connectivity index (χ3v) is 6.06. The Morgan fingerprint density at radius 3 is 1.17 bits per heavy atom. The number of aryl methyl sites for hydroxylation is 1. The Morgan fingerprint density at radius 2 is 0.800 bits per heavy atom. The van der Waals surface area contributed by atoms with E-state index in [0.717, 1.165) is 22.3 Å². The maximum absolute atomic E-state index is 6.38. The number of hydrogen-bond acceptors (Lipinski definition) is 2. The Bertz CT molecular complexity index is 1070. The van der Waals surface area contributed by atoms with Crippen molar-refractivity contribution in [2.75, 3.05) is 0 Å². The zero-order valence-corrected chi connectivity index (χ0v) is 17.0. The number of hydrogen-bond donors (Lipinski definition) is 0. The van der Waals surface area contributed by atoms with Gasteiger partial charge in [0, 0.05) is 6.42 Å². The molecule has 1 atom stereocenters. The lowest BCUT2D eigenvalue weighted by molar-refractivity contribution is -0.341.